The molecule has 1 unspecified atom stereocenters. The molecule has 146 valence electrons. The maximum Gasteiger partial charge on any atom is 0.243 e. The number of carbonyl (C=O) groups is 1. The number of nitrogens with zero attached hydrogens (tertiary/aromatic N) is 2. The number of hydrogen-bond donors (Lipinski definition) is 2. The molecule has 0 radical (unpaired) electrons. The minimum atomic E-state index is 0. The van der Waals surface area contributed by atoms with Gasteiger partial charge >= 0.3 is 0 Å². The second kappa shape index (κ2) is 11.2. The minimum Gasteiger partial charge on any atom is -0.376 e. The van der Waals surface area contributed by atoms with Crippen molar-refractivity contribution < 1.29 is 9.53 Å². The van der Waals surface area contributed by atoms with Crippen LogP contribution in [0.5, 0.6) is 0 Å². The van der Waals surface area contributed by atoms with Gasteiger partial charge in [0.15, 0.2) is 5.96 Å². The number of nitrogens with one attached hydrogen (secondary N) is 2. The number of hydrogen-bond acceptors (Lipinski definition) is 3. The van der Waals surface area contributed by atoms with Crippen LogP contribution in [0.1, 0.15) is 51.9 Å². The van der Waals surface area contributed by atoms with Crippen molar-refractivity contribution >= 4 is 35.8 Å². The summed E-state index contributed by atoms with van der Waals surface area (Å²) >= 11 is 0. The Morgan fingerprint density at radius 2 is 2.00 bits per heavy atom. The summed E-state index contributed by atoms with van der Waals surface area (Å²) in [5.41, 5.74) is 0.412. The predicted octanol–water partition coefficient (Wildman–Crippen LogP) is 2.38. The van der Waals surface area contributed by atoms with Gasteiger partial charge in [-0.05, 0) is 43.9 Å². The van der Waals surface area contributed by atoms with E-state index in [1.165, 1.54) is 32.1 Å². The van der Waals surface area contributed by atoms with Crippen molar-refractivity contribution in [2.45, 2.75) is 58.0 Å². The highest BCUT2D eigenvalue weighted by Gasteiger charge is 2.35. The fraction of sp³-hybridized carbons (Fsp3) is 0.889. The first-order valence-corrected chi connectivity index (χ1v) is 9.38. The van der Waals surface area contributed by atoms with Gasteiger partial charge in [0.2, 0.25) is 5.91 Å². The van der Waals surface area contributed by atoms with Crippen molar-refractivity contribution in [1.82, 2.24) is 15.5 Å². The summed E-state index contributed by atoms with van der Waals surface area (Å²) in [6.07, 6.45) is 8.81. The molecule has 2 aliphatic rings. The zero-order chi connectivity index (χ0) is 17.4. The second-order valence-electron chi connectivity index (χ2n) is 7.38. The van der Waals surface area contributed by atoms with Crippen LogP contribution in [0.4, 0.5) is 0 Å². The highest BCUT2D eigenvalue weighted by atomic mass is 127. The van der Waals surface area contributed by atoms with Crippen molar-refractivity contribution in [3.05, 3.63) is 0 Å². The lowest BCUT2D eigenvalue weighted by atomic mass is 9.67. The fourth-order valence-electron chi connectivity index (χ4n) is 3.24. The Hall–Kier alpha value is -0.570. The smallest absolute Gasteiger partial charge is 0.243 e. The predicted molar refractivity (Wildman–Crippen MR) is 113 cm³/mol. The van der Waals surface area contributed by atoms with Crippen LogP contribution in [0.3, 0.4) is 0 Å². The highest BCUT2D eigenvalue weighted by Crippen LogP contribution is 2.42. The standard InChI is InChI=1S/C18H34N4O2.HI/c1-4-18(9-7-10-18)14-21-17(20-13-16(23)22(2)3)19-12-15-8-5-6-11-24-15;/h15H,4-14H2,1-3H3,(H2,19,20,21);1H. The Bertz CT molecular complexity index is 427. The highest BCUT2D eigenvalue weighted by molar-refractivity contribution is 14.0. The summed E-state index contributed by atoms with van der Waals surface area (Å²) in [4.78, 5) is 17.9. The van der Waals surface area contributed by atoms with E-state index in [2.05, 4.69) is 22.5 Å². The van der Waals surface area contributed by atoms with E-state index in [0.717, 1.165) is 38.5 Å². The van der Waals surface area contributed by atoms with E-state index in [9.17, 15) is 4.79 Å². The molecule has 1 aliphatic carbocycles. The summed E-state index contributed by atoms with van der Waals surface area (Å²) < 4.78 is 5.77. The lowest BCUT2D eigenvalue weighted by Gasteiger charge is -2.41. The average molecular weight is 466 g/mol. The molecule has 6 nitrogen and oxygen atoms in total. The van der Waals surface area contributed by atoms with Gasteiger partial charge in [0, 0.05) is 33.8 Å². The van der Waals surface area contributed by atoms with Crippen LogP contribution in [0.25, 0.3) is 0 Å². The first-order chi connectivity index (χ1) is 11.5. The van der Waals surface area contributed by atoms with Gasteiger partial charge in [-0.1, -0.05) is 13.3 Å². The van der Waals surface area contributed by atoms with Crippen molar-refractivity contribution in [2.24, 2.45) is 10.4 Å². The van der Waals surface area contributed by atoms with E-state index in [1.807, 2.05) is 0 Å². The normalized spacial score (nSPS) is 22.4. The number of halogens is 1. The van der Waals surface area contributed by atoms with E-state index >= 15 is 0 Å². The van der Waals surface area contributed by atoms with Crippen molar-refractivity contribution in [1.29, 1.82) is 0 Å². The van der Waals surface area contributed by atoms with Gasteiger partial charge in [-0.2, -0.15) is 0 Å². The van der Waals surface area contributed by atoms with Crippen LogP contribution in [0.2, 0.25) is 0 Å². The van der Waals surface area contributed by atoms with Crippen molar-refractivity contribution in [2.75, 3.05) is 40.3 Å². The van der Waals surface area contributed by atoms with Crippen LogP contribution < -0.4 is 10.6 Å². The molecule has 0 aromatic heterocycles. The summed E-state index contributed by atoms with van der Waals surface area (Å²) in [6.45, 7) is 4.96. The average Bonchev–Trinajstić information content (AvgIpc) is 2.56. The Labute approximate surface area is 169 Å². The molecule has 0 aromatic carbocycles. The van der Waals surface area contributed by atoms with Crippen LogP contribution >= 0.6 is 24.0 Å². The summed E-state index contributed by atoms with van der Waals surface area (Å²) in [6, 6.07) is 0. The molecule has 2 N–H and O–H groups in total. The van der Waals surface area contributed by atoms with Crippen LogP contribution in [0.15, 0.2) is 4.99 Å². The number of guanidine groups is 1. The number of aliphatic imine (C=N–C) groups is 1. The van der Waals surface area contributed by atoms with Gasteiger partial charge in [0.05, 0.1) is 6.10 Å². The molecule has 25 heavy (non-hydrogen) atoms. The van der Waals surface area contributed by atoms with Gasteiger partial charge in [-0.25, -0.2) is 4.99 Å². The SMILES string of the molecule is CCC1(CNC(=NCC(=O)N(C)C)NCC2CCCCO2)CCC1.I. The summed E-state index contributed by atoms with van der Waals surface area (Å²) in [7, 11) is 3.52. The maximum absolute atomic E-state index is 11.8. The van der Waals surface area contributed by atoms with Crippen molar-refractivity contribution in [3.63, 3.8) is 0 Å². The number of carbonyl (C=O) groups excluding carboxylic acids is 1. The lowest BCUT2D eigenvalue weighted by molar-refractivity contribution is -0.127. The molecule has 1 saturated heterocycles. The van der Waals surface area contributed by atoms with Crippen LogP contribution in [-0.2, 0) is 9.53 Å². The second-order valence-corrected chi connectivity index (χ2v) is 7.38. The molecule has 0 bridgehead atoms. The number of likely N-dealkylation sites (N-methyl/N-ethyl adjacent to an activating group) is 1. The van der Waals surface area contributed by atoms with E-state index in [4.69, 9.17) is 4.74 Å². The molecule has 1 saturated carbocycles. The zero-order valence-corrected chi connectivity index (χ0v) is 18.3. The molecule has 2 rings (SSSR count). The third kappa shape index (κ3) is 7.29. The van der Waals surface area contributed by atoms with Gasteiger partial charge in [0.25, 0.3) is 0 Å². The molecular weight excluding hydrogens is 431 g/mol. The third-order valence-electron chi connectivity index (χ3n) is 5.44. The molecule has 7 heteroatoms. The topological polar surface area (TPSA) is 66.0 Å². The first-order valence-electron chi connectivity index (χ1n) is 9.38. The minimum absolute atomic E-state index is 0. The quantitative estimate of drug-likeness (QED) is 0.344. The van der Waals surface area contributed by atoms with E-state index in [-0.39, 0.29) is 42.5 Å². The molecule has 1 amide bonds. The van der Waals surface area contributed by atoms with Gasteiger partial charge in [0.1, 0.15) is 6.54 Å². The summed E-state index contributed by atoms with van der Waals surface area (Å²) in [5, 5.41) is 6.83. The number of amides is 1. The Morgan fingerprint density at radius 1 is 1.24 bits per heavy atom. The fourth-order valence-corrected chi connectivity index (χ4v) is 3.24. The van der Waals surface area contributed by atoms with E-state index in [0.29, 0.717) is 5.41 Å². The third-order valence-corrected chi connectivity index (χ3v) is 5.44. The molecule has 1 aliphatic heterocycles. The largest absolute Gasteiger partial charge is 0.376 e. The molecule has 0 spiro atoms. The Morgan fingerprint density at radius 3 is 2.52 bits per heavy atom. The Balaban J connectivity index is 0.00000312. The number of rotatable bonds is 7. The zero-order valence-electron chi connectivity index (χ0n) is 16.0. The van der Waals surface area contributed by atoms with Crippen molar-refractivity contribution in [3.8, 4) is 0 Å². The Kier molecular flexibility index (Phi) is 10.1. The van der Waals surface area contributed by atoms with Crippen LogP contribution in [-0.4, -0.2) is 63.2 Å². The van der Waals surface area contributed by atoms with Gasteiger partial charge in [-0.15, -0.1) is 24.0 Å². The molecular formula is C18H35IN4O2. The monoisotopic (exact) mass is 466 g/mol. The molecule has 2 fully saturated rings. The molecule has 1 atom stereocenters. The van der Waals surface area contributed by atoms with Gasteiger partial charge in [-0.3, -0.25) is 4.79 Å². The first kappa shape index (κ1) is 22.5. The van der Waals surface area contributed by atoms with Gasteiger partial charge < -0.3 is 20.3 Å². The van der Waals surface area contributed by atoms with Crippen LogP contribution in [0, 0.1) is 5.41 Å². The lowest BCUT2D eigenvalue weighted by Crippen LogP contribution is -2.48. The summed E-state index contributed by atoms with van der Waals surface area (Å²) in [5.74, 6) is 0.748. The molecule has 0 aromatic rings. The maximum atomic E-state index is 11.8. The van der Waals surface area contributed by atoms with E-state index in [1.54, 1.807) is 19.0 Å². The number of ether oxygens (including phenoxy) is 1. The molecule has 1 heterocycles. The van der Waals surface area contributed by atoms with E-state index < -0.39 is 0 Å².